The van der Waals surface area contributed by atoms with E-state index in [9.17, 15) is 0 Å². The summed E-state index contributed by atoms with van der Waals surface area (Å²) in [7, 11) is 0. The minimum Gasteiger partial charge on any atom is -0.325 e. The third-order valence-electron chi connectivity index (χ3n) is 4.43. The van der Waals surface area contributed by atoms with Gasteiger partial charge in [0.1, 0.15) is 0 Å². The van der Waals surface area contributed by atoms with Crippen molar-refractivity contribution in [2.24, 2.45) is 23.5 Å². The average Bonchev–Trinajstić information content (AvgIpc) is 2.12. The van der Waals surface area contributed by atoms with Gasteiger partial charge in [0.05, 0.1) is 0 Å². The van der Waals surface area contributed by atoms with Gasteiger partial charge in [0.2, 0.25) is 0 Å². The smallest absolute Gasteiger partial charge is 0.0162 e. The van der Waals surface area contributed by atoms with Crippen LogP contribution >= 0.6 is 22.6 Å². The van der Waals surface area contributed by atoms with E-state index in [4.69, 9.17) is 5.73 Å². The second-order valence-corrected chi connectivity index (χ2v) is 7.29. The van der Waals surface area contributed by atoms with E-state index in [1.165, 1.54) is 38.5 Å². The molecule has 0 amide bonds. The monoisotopic (exact) mass is 291 g/mol. The summed E-state index contributed by atoms with van der Waals surface area (Å²) >= 11 is 2.68. The Morgan fingerprint density at radius 2 is 1.69 bits per heavy atom. The van der Waals surface area contributed by atoms with E-state index in [-0.39, 0.29) is 5.54 Å². The summed E-state index contributed by atoms with van der Waals surface area (Å²) in [5.41, 5.74) is 6.74. The van der Waals surface area contributed by atoms with Crippen molar-refractivity contribution in [2.45, 2.75) is 48.0 Å². The first-order valence-corrected chi connectivity index (χ1v) is 6.82. The third-order valence-corrected chi connectivity index (χ3v) is 5.96. The minimum absolute atomic E-state index is 0.260. The first kappa shape index (κ1) is 8.96. The van der Waals surface area contributed by atoms with E-state index >= 15 is 0 Å². The number of halogens is 1. The largest absolute Gasteiger partial charge is 0.325 e. The van der Waals surface area contributed by atoms with Gasteiger partial charge in [-0.3, -0.25) is 0 Å². The van der Waals surface area contributed by atoms with E-state index < -0.39 is 0 Å². The lowest BCUT2D eigenvalue weighted by Gasteiger charge is -2.46. The molecule has 13 heavy (non-hydrogen) atoms. The SMILES string of the molecule is NC12CC3CC(CC(C1)C(I)C3)C2. The maximum Gasteiger partial charge on any atom is 0.0162 e. The Kier molecular flexibility index (Phi) is 1.96. The molecule has 0 aromatic carbocycles. The lowest BCUT2D eigenvalue weighted by atomic mass is 9.64. The molecule has 4 aliphatic rings. The fourth-order valence-corrected chi connectivity index (χ4v) is 5.48. The van der Waals surface area contributed by atoms with Gasteiger partial charge in [-0.25, -0.2) is 0 Å². The molecule has 0 aromatic rings. The van der Waals surface area contributed by atoms with Crippen LogP contribution in [0.4, 0.5) is 0 Å². The van der Waals surface area contributed by atoms with Gasteiger partial charge in [0.15, 0.2) is 0 Å². The number of alkyl halides is 1. The fraction of sp³-hybridized carbons (Fsp3) is 1.00. The number of rotatable bonds is 0. The number of fused-ring (bicyclic) bond motifs is 1. The lowest BCUT2D eigenvalue weighted by Crippen LogP contribution is -2.50. The summed E-state index contributed by atoms with van der Waals surface area (Å²) < 4.78 is 0.929. The Morgan fingerprint density at radius 1 is 1.00 bits per heavy atom. The molecule has 2 N–H and O–H groups in total. The minimum atomic E-state index is 0.260. The standard InChI is InChI=1S/C11H18IN/c12-10-3-8-1-7-2-9(10)6-11(13,4-7)5-8/h7-10H,1-6,13H2. The Hall–Kier alpha value is 0.690. The van der Waals surface area contributed by atoms with Crippen molar-refractivity contribution < 1.29 is 0 Å². The van der Waals surface area contributed by atoms with Crippen LogP contribution < -0.4 is 5.73 Å². The van der Waals surface area contributed by atoms with Crippen molar-refractivity contribution in [3.63, 3.8) is 0 Å². The molecule has 4 rings (SSSR count). The summed E-state index contributed by atoms with van der Waals surface area (Å²) in [4.78, 5) is 0. The van der Waals surface area contributed by atoms with Crippen LogP contribution in [0, 0.1) is 17.8 Å². The van der Waals surface area contributed by atoms with Gasteiger partial charge in [0, 0.05) is 9.46 Å². The molecule has 0 radical (unpaired) electrons. The van der Waals surface area contributed by atoms with Gasteiger partial charge in [-0.2, -0.15) is 0 Å². The average molecular weight is 291 g/mol. The highest BCUT2D eigenvalue weighted by molar-refractivity contribution is 14.1. The summed E-state index contributed by atoms with van der Waals surface area (Å²) in [6.45, 7) is 0. The van der Waals surface area contributed by atoms with Gasteiger partial charge in [-0.1, -0.05) is 22.6 Å². The Balaban J connectivity index is 1.95. The highest BCUT2D eigenvalue weighted by Crippen LogP contribution is 2.53. The summed E-state index contributed by atoms with van der Waals surface area (Å²) in [6.07, 6.45) is 8.44. The summed E-state index contributed by atoms with van der Waals surface area (Å²) in [6, 6.07) is 0. The number of hydrogen-bond acceptors (Lipinski definition) is 1. The fourth-order valence-electron chi connectivity index (χ4n) is 4.22. The zero-order valence-electron chi connectivity index (χ0n) is 8.01. The Bertz CT molecular complexity index is 230. The molecule has 0 heterocycles. The molecule has 0 aromatic heterocycles. The first-order valence-electron chi connectivity index (χ1n) is 5.58. The molecule has 0 spiro atoms. The molecule has 0 saturated heterocycles. The molecule has 4 saturated carbocycles. The van der Waals surface area contributed by atoms with Gasteiger partial charge in [0.25, 0.3) is 0 Å². The van der Waals surface area contributed by atoms with Gasteiger partial charge in [-0.05, 0) is 56.3 Å². The number of nitrogens with two attached hydrogens (primary N) is 1. The molecular weight excluding hydrogens is 273 g/mol. The highest BCUT2D eigenvalue weighted by Gasteiger charge is 2.48. The van der Waals surface area contributed by atoms with Crippen molar-refractivity contribution >= 4 is 22.6 Å². The number of hydrogen-bond donors (Lipinski definition) is 1. The molecule has 4 bridgehead atoms. The summed E-state index contributed by atoms with van der Waals surface area (Å²) in [5, 5.41) is 0. The van der Waals surface area contributed by atoms with Crippen LogP contribution in [-0.2, 0) is 0 Å². The van der Waals surface area contributed by atoms with Crippen molar-refractivity contribution in [1.82, 2.24) is 0 Å². The Labute approximate surface area is 94.0 Å². The molecule has 74 valence electrons. The molecular formula is C11H18IN. The van der Waals surface area contributed by atoms with E-state index in [2.05, 4.69) is 22.6 Å². The van der Waals surface area contributed by atoms with Crippen molar-refractivity contribution in [3.8, 4) is 0 Å². The second kappa shape index (κ2) is 2.84. The zero-order chi connectivity index (χ0) is 9.05. The van der Waals surface area contributed by atoms with Gasteiger partial charge >= 0.3 is 0 Å². The predicted molar refractivity (Wildman–Crippen MR) is 62.9 cm³/mol. The maximum absolute atomic E-state index is 6.48. The zero-order valence-corrected chi connectivity index (χ0v) is 10.2. The van der Waals surface area contributed by atoms with E-state index in [0.717, 1.165) is 21.7 Å². The van der Waals surface area contributed by atoms with Crippen LogP contribution in [-0.4, -0.2) is 9.46 Å². The topological polar surface area (TPSA) is 26.0 Å². The molecule has 4 aliphatic carbocycles. The van der Waals surface area contributed by atoms with Crippen molar-refractivity contribution in [1.29, 1.82) is 0 Å². The van der Waals surface area contributed by atoms with E-state index in [1.54, 1.807) is 0 Å². The molecule has 5 atom stereocenters. The predicted octanol–water partition coefficient (Wildman–Crippen LogP) is 2.72. The van der Waals surface area contributed by atoms with Crippen LogP contribution in [0.15, 0.2) is 0 Å². The molecule has 2 heteroatoms. The van der Waals surface area contributed by atoms with Crippen LogP contribution in [0.3, 0.4) is 0 Å². The maximum atomic E-state index is 6.48. The third kappa shape index (κ3) is 1.44. The normalized spacial score (nSPS) is 59.5. The van der Waals surface area contributed by atoms with Crippen LogP contribution in [0.1, 0.15) is 38.5 Å². The van der Waals surface area contributed by atoms with Gasteiger partial charge in [-0.15, -0.1) is 0 Å². The van der Waals surface area contributed by atoms with Crippen LogP contribution in [0.25, 0.3) is 0 Å². The molecule has 0 aliphatic heterocycles. The summed E-state index contributed by atoms with van der Waals surface area (Å²) in [5.74, 6) is 2.91. The quantitative estimate of drug-likeness (QED) is 0.539. The van der Waals surface area contributed by atoms with Crippen molar-refractivity contribution in [2.75, 3.05) is 0 Å². The van der Waals surface area contributed by atoms with Crippen LogP contribution in [0.2, 0.25) is 0 Å². The van der Waals surface area contributed by atoms with Gasteiger partial charge < -0.3 is 5.73 Å². The van der Waals surface area contributed by atoms with Crippen LogP contribution in [0.5, 0.6) is 0 Å². The second-order valence-electron chi connectivity index (χ2n) is 5.69. The lowest BCUT2D eigenvalue weighted by molar-refractivity contribution is 0.105. The van der Waals surface area contributed by atoms with Crippen molar-refractivity contribution in [3.05, 3.63) is 0 Å². The molecule has 1 nitrogen and oxygen atoms in total. The molecule has 4 fully saturated rings. The first-order chi connectivity index (χ1) is 6.15. The van der Waals surface area contributed by atoms with E-state index in [1.807, 2.05) is 0 Å². The molecule has 5 unspecified atom stereocenters. The highest BCUT2D eigenvalue weighted by atomic mass is 127. The van der Waals surface area contributed by atoms with E-state index in [0.29, 0.717) is 0 Å². The Morgan fingerprint density at radius 3 is 2.38 bits per heavy atom.